The zero-order valence-corrected chi connectivity index (χ0v) is 42.2. The van der Waals surface area contributed by atoms with E-state index in [1.165, 1.54) is 89.9 Å². The Hall–Kier alpha value is -3.67. The number of hydrogen-bond acceptors (Lipinski definition) is 6. The molecule has 0 amide bonds. The van der Waals surface area contributed by atoms with Crippen molar-refractivity contribution in [2.75, 3.05) is 13.2 Å². The average Bonchev–Trinajstić information content (AvgIpc) is 3.30. The van der Waals surface area contributed by atoms with Crippen molar-refractivity contribution in [3.05, 3.63) is 97.2 Å². The molecule has 0 aliphatic heterocycles. The first-order chi connectivity index (χ1) is 32.0. The van der Waals surface area contributed by atoms with Crippen molar-refractivity contribution < 1.29 is 28.6 Å². The van der Waals surface area contributed by atoms with Crippen LogP contribution in [0.4, 0.5) is 0 Å². The minimum atomic E-state index is -0.799. The van der Waals surface area contributed by atoms with Crippen LogP contribution in [0.3, 0.4) is 0 Å². The van der Waals surface area contributed by atoms with E-state index >= 15 is 0 Å². The van der Waals surface area contributed by atoms with Gasteiger partial charge >= 0.3 is 17.9 Å². The van der Waals surface area contributed by atoms with Crippen molar-refractivity contribution in [3.8, 4) is 0 Å². The van der Waals surface area contributed by atoms with Crippen molar-refractivity contribution in [2.45, 2.75) is 245 Å². The summed E-state index contributed by atoms with van der Waals surface area (Å²) >= 11 is 0. The zero-order chi connectivity index (χ0) is 47.2. The van der Waals surface area contributed by atoms with E-state index in [1.54, 1.807) is 0 Å². The summed E-state index contributed by atoms with van der Waals surface area (Å²) in [5.74, 6) is -0.940. The molecule has 0 spiro atoms. The molecule has 0 fully saturated rings. The van der Waals surface area contributed by atoms with Gasteiger partial charge in [0, 0.05) is 19.3 Å². The summed E-state index contributed by atoms with van der Waals surface area (Å²) in [7, 11) is 0. The molecular weight excluding hydrogens is 805 g/mol. The van der Waals surface area contributed by atoms with Gasteiger partial charge in [-0.3, -0.25) is 14.4 Å². The maximum absolute atomic E-state index is 12.8. The van der Waals surface area contributed by atoms with Gasteiger partial charge in [-0.25, -0.2) is 0 Å². The van der Waals surface area contributed by atoms with Gasteiger partial charge in [0.05, 0.1) is 0 Å². The molecule has 0 saturated carbocycles. The number of carbonyl (C=O) groups is 3. The van der Waals surface area contributed by atoms with E-state index in [-0.39, 0.29) is 31.1 Å². The first-order valence-electron chi connectivity index (χ1n) is 26.8. The zero-order valence-electron chi connectivity index (χ0n) is 42.2. The van der Waals surface area contributed by atoms with Crippen LogP contribution >= 0.6 is 0 Å². The van der Waals surface area contributed by atoms with Crippen LogP contribution < -0.4 is 0 Å². The van der Waals surface area contributed by atoms with E-state index in [0.717, 1.165) is 109 Å². The van der Waals surface area contributed by atoms with Gasteiger partial charge in [-0.05, 0) is 57.8 Å². The fourth-order valence-corrected chi connectivity index (χ4v) is 7.29. The Morgan fingerprint density at radius 1 is 0.323 bits per heavy atom. The van der Waals surface area contributed by atoms with Crippen LogP contribution in [0.1, 0.15) is 239 Å². The maximum atomic E-state index is 12.8. The van der Waals surface area contributed by atoms with Crippen molar-refractivity contribution in [1.29, 1.82) is 0 Å². The number of rotatable bonds is 47. The molecule has 0 heterocycles. The molecule has 0 bridgehead atoms. The second kappa shape index (κ2) is 52.9. The molecule has 0 aromatic carbocycles. The second-order valence-corrected chi connectivity index (χ2v) is 17.6. The second-order valence-electron chi connectivity index (χ2n) is 17.6. The minimum Gasteiger partial charge on any atom is -0.462 e. The number of esters is 3. The summed E-state index contributed by atoms with van der Waals surface area (Å²) in [6.07, 6.45) is 69.6. The van der Waals surface area contributed by atoms with Crippen molar-refractivity contribution in [3.63, 3.8) is 0 Å². The third-order valence-electron chi connectivity index (χ3n) is 11.3. The van der Waals surface area contributed by atoms with Gasteiger partial charge in [0.15, 0.2) is 6.10 Å². The molecule has 1 atom stereocenters. The molecule has 370 valence electrons. The molecule has 0 rings (SSSR count). The lowest BCUT2D eigenvalue weighted by Crippen LogP contribution is -2.30. The third kappa shape index (κ3) is 51.2. The highest BCUT2D eigenvalue weighted by Gasteiger charge is 2.19. The molecule has 0 radical (unpaired) electrons. The topological polar surface area (TPSA) is 78.9 Å². The number of allylic oxidation sites excluding steroid dienone is 16. The lowest BCUT2D eigenvalue weighted by Gasteiger charge is -2.18. The summed E-state index contributed by atoms with van der Waals surface area (Å²) in [5, 5.41) is 0. The van der Waals surface area contributed by atoms with Crippen LogP contribution in [0.2, 0.25) is 0 Å². The van der Waals surface area contributed by atoms with Crippen LogP contribution in [0.25, 0.3) is 0 Å². The first-order valence-corrected chi connectivity index (χ1v) is 26.8. The monoisotopic (exact) mass is 903 g/mol. The van der Waals surface area contributed by atoms with Gasteiger partial charge in [0.2, 0.25) is 0 Å². The predicted molar refractivity (Wildman–Crippen MR) is 279 cm³/mol. The number of ether oxygens (including phenoxy) is 3. The Morgan fingerprint density at radius 2 is 0.600 bits per heavy atom. The van der Waals surface area contributed by atoms with E-state index in [2.05, 4.69) is 81.5 Å². The average molecular weight is 903 g/mol. The van der Waals surface area contributed by atoms with E-state index < -0.39 is 6.10 Å². The van der Waals surface area contributed by atoms with Crippen LogP contribution in [-0.2, 0) is 28.6 Å². The van der Waals surface area contributed by atoms with E-state index in [0.29, 0.717) is 19.3 Å². The summed E-state index contributed by atoms with van der Waals surface area (Å²) in [4.78, 5) is 38.1. The highest BCUT2D eigenvalue weighted by Crippen LogP contribution is 2.16. The van der Waals surface area contributed by atoms with Gasteiger partial charge in [-0.2, -0.15) is 0 Å². The minimum absolute atomic E-state index is 0.0943. The highest BCUT2D eigenvalue weighted by molar-refractivity contribution is 5.71. The maximum Gasteiger partial charge on any atom is 0.306 e. The van der Waals surface area contributed by atoms with E-state index in [9.17, 15) is 14.4 Å². The fourth-order valence-electron chi connectivity index (χ4n) is 7.29. The fraction of sp³-hybridized carbons (Fsp3) is 0.678. The Morgan fingerprint density at radius 3 is 0.938 bits per heavy atom. The Bertz CT molecular complexity index is 1310. The summed E-state index contributed by atoms with van der Waals surface area (Å²) in [6.45, 7) is 6.33. The van der Waals surface area contributed by atoms with Gasteiger partial charge in [-0.1, -0.05) is 259 Å². The molecule has 0 aromatic rings. The Kier molecular flexibility index (Phi) is 50.0. The van der Waals surface area contributed by atoms with Crippen molar-refractivity contribution in [1.82, 2.24) is 0 Å². The largest absolute Gasteiger partial charge is 0.462 e. The van der Waals surface area contributed by atoms with E-state index in [4.69, 9.17) is 14.2 Å². The molecule has 6 nitrogen and oxygen atoms in total. The lowest BCUT2D eigenvalue weighted by molar-refractivity contribution is -0.167. The van der Waals surface area contributed by atoms with Crippen LogP contribution in [0.15, 0.2) is 97.2 Å². The third-order valence-corrected chi connectivity index (χ3v) is 11.3. The van der Waals surface area contributed by atoms with Crippen LogP contribution in [-0.4, -0.2) is 37.2 Å². The highest BCUT2D eigenvalue weighted by atomic mass is 16.6. The molecule has 0 aromatic heterocycles. The van der Waals surface area contributed by atoms with Crippen LogP contribution in [0.5, 0.6) is 0 Å². The van der Waals surface area contributed by atoms with Crippen molar-refractivity contribution >= 4 is 17.9 Å². The van der Waals surface area contributed by atoms with Gasteiger partial charge < -0.3 is 14.2 Å². The molecular formula is C59H98O6. The molecule has 0 N–H and O–H groups in total. The predicted octanol–water partition coefficient (Wildman–Crippen LogP) is 17.8. The van der Waals surface area contributed by atoms with Crippen LogP contribution in [0, 0.1) is 0 Å². The Labute approximate surface area is 400 Å². The van der Waals surface area contributed by atoms with Crippen molar-refractivity contribution in [2.24, 2.45) is 0 Å². The van der Waals surface area contributed by atoms with Gasteiger partial charge in [0.25, 0.3) is 0 Å². The number of unbranched alkanes of at least 4 members (excludes halogenated alkanes) is 26. The molecule has 0 aliphatic carbocycles. The SMILES string of the molecule is CC\C=C/C=C\C=C/C=C\CCCCCCCC(=O)OCC(COC(=O)CCCCCCCCCCCCCCCCCCC)OC(=O)CCCCCCC\C=C/C=C\C=C/C=C\CC. The first kappa shape index (κ1) is 61.3. The standard InChI is InChI=1S/C59H98O6/c1-4-7-10-13-16-19-22-25-28-29-32-34-37-40-43-46-49-52-58(61)64-55-56(65-59(62)53-50-47-44-41-38-35-31-27-24-21-18-15-12-9-6-3)54-63-57(60)51-48-45-42-39-36-33-30-26-23-20-17-14-11-8-5-2/h8-9,11-12,14-15,17-18,20-21,23-24,26-27,30-31,56H,4-7,10,13,16,19,22,25,28-29,32-55H2,1-3H3/b11-8-,12-9-,17-14-,18-15-,23-20-,24-21-,30-26-,31-27-. The quantitative estimate of drug-likeness (QED) is 0.0262. The molecule has 6 heteroatoms. The van der Waals surface area contributed by atoms with Gasteiger partial charge in [-0.15, -0.1) is 0 Å². The normalized spacial score (nSPS) is 12.8. The Balaban J connectivity index is 4.45. The smallest absolute Gasteiger partial charge is 0.306 e. The summed E-state index contributed by atoms with van der Waals surface area (Å²) in [6, 6.07) is 0. The summed E-state index contributed by atoms with van der Waals surface area (Å²) < 4.78 is 16.8. The lowest BCUT2D eigenvalue weighted by atomic mass is 10.0. The van der Waals surface area contributed by atoms with Gasteiger partial charge in [0.1, 0.15) is 13.2 Å². The molecule has 1 unspecified atom stereocenters. The molecule has 65 heavy (non-hydrogen) atoms. The number of carbonyl (C=O) groups excluding carboxylic acids is 3. The molecule has 0 saturated heterocycles. The number of hydrogen-bond donors (Lipinski definition) is 0. The molecule has 0 aliphatic rings. The van der Waals surface area contributed by atoms with E-state index in [1.807, 2.05) is 36.5 Å². The summed E-state index contributed by atoms with van der Waals surface area (Å²) in [5.41, 5.74) is 0.